The van der Waals surface area contributed by atoms with Gasteiger partial charge in [-0.2, -0.15) is 0 Å². The number of H-pyrrole nitrogens is 1. The highest BCUT2D eigenvalue weighted by molar-refractivity contribution is 5.88. The van der Waals surface area contributed by atoms with Crippen LogP contribution in [0.25, 0.3) is 0 Å². The van der Waals surface area contributed by atoms with E-state index in [1.54, 1.807) is 0 Å². The topological polar surface area (TPSA) is 81.2 Å². The zero-order valence-corrected chi connectivity index (χ0v) is 7.16. The number of carbonyl (C=O) groups excluding carboxylic acids is 1. The number of aromatic amines is 1. The molecule has 1 aromatic rings. The lowest BCUT2D eigenvalue weighted by Crippen LogP contribution is -2.36. The van der Waals surface area contributed by atoms with E-state index in [0.29, 0.717) is 0 Å². The van der Waals surface area contributed by atoms with Crippen molar-refractivity contribution in [1.29, 1.82) is 0 Å². The van der Waals surface area contributed by atoms with Crippen LogP contribution in [0.15, 0.2) is 15.8 Å². The number of carbonyl (C=O) groups is 1. The van der Waals surface area contributed by atoms with Crippen LogP contribution in [0.2, 0.25) is 0 Å². The van der Waals surface area contributed by atoms with Crippen LogP contribution in [0.5, 0.6) is 0 Å². The fraction of sp³-hybridized carbons (Fsp3) is 0.286. The molecule has 0 saturated heterocycles. The number of esters is 1. The van der Waals surface area contributed by atoms with Gasteiger partial charge in [-0.1, -0.05) is 0 Å². The van der Waals surface area contributed by atoms with Crippen LogP contribution in [-0.4, -0.2) is 22.6 Å². The summed E-state index contributed by atoms with van der Waals surface area (Å²) in [4.78, 5) is 35.3. The SMILES string of the molecule is COC(=O)c1c[nH]c(=O)n(C)c1=O. The fourth-order valence-electron chi connectivity index (χ4n) is 0.822. The highest BCUT2D eigenvalue weighted by Gasteiger charge is 2.12. The first kappa shape index (κ1) is 9.24. The Morgan fingerprint density at radius 3 is 2.69 bits per heavy atom. The van der Waals surface area contributed by atoms with Gasteiger partial charge >= 0.3 is 11.7 Å². The fourth-order valence-corrected chi connectivity index (χ4v) is 0.822. The van der Waals surface area contributed by atoms with Crippen LogP contribution >= 0.6 is 0 Å². The van der Waals surface area contributed by atoms with Crippen molar-refractivity contribution in [2.75, 3.05) is 7.11 Å². The lowest BCUT2D eigenvalue weighted by Gasteiger charge is -1.99. The third-order valence-electron chi connectivity index (χ3n) is 1.58. The minimum atomic E-state index is -0.767. The van der Waals surface area contributed by atoms with Gasteiger partial charge in [0.05, 0.1) is 7.11 Å². The molecule has 13 heavy (non-hydrogen) atoms. The van der Waals surface area contributed by atoms with E-state index in [0.717, 1.165) is 17.9 Å². The highest BCUT2D eigenvalue weighted by atomic mass is 16.5. The van der Waals surface area contributed by atoms with E-state index in [1.807, 2.05) is 0 Å². The Kier molecular flexibility index (Phi) is 2.32. The third-order valence-corrected chi connectivity index (χ3v) is 1.58. The summed E-state index contributed by atoms with van der Waals surface area (Å²) in [6.45, 7) is 0. The summed E-state index contributed by atoms with van der Waals surface area (Å²) in [5.74, 6) is -0.767. The Morgan fingerprint density at radius 1 is 1.54 bits per heavy atom. The van der Waals surface area contributed by atoms with Gasteiger partial charge in [0.25, 0.3) is 5.56 Å². The zero-order chi connectivity index (χ0) is 10.0. The molecule has 1 aromatic heterocycles. The van der Waals surface area contributed by atoms with Gasteiger partial charge in [0.1, 0.15) is 5.56 Å². The summed E-state index contributed by atoms with van der Waals surface area (Å²) in [6, 6.07) is 0. The Balaban J connectivity index is 3.44. The van der Waals surface area contributed by atoms with Crippen molar-refractivity contribution in [3.8, 4) is 0 Å². The summed E-state index contributed by atoms with van der Waals surface area (Å²) >= 11 is 0. The Bertz CT molecular complexity index is 443. The molecule has 0 aromatic carbocycles. The molecule has 0 unspecified atom stereocenters. The van der Waals surface area contributed by atoms with Crippen molar-refractivity contribution < 1.29 is 9.53 Å². The van der Waals surface area contributed by atoms with Gasteiger partial charge in [0, 0.05) is 13.2 Å². The lowest BCUT2D eigenvalue weighted by molar-refractivity contribution is 0.0597. The number of aromatic nitrogens is 2. The highest BCUT2D eigenvalue weighted by Crippen LogP contribution is 1.87. The number of rotatable bonds is 1. The minimum absolute atomic E-state index is 0.190. The quantitative estimate of drug-likeness (QED) is 0.559. The molecule has 0 aliphatic carbocycles. The molecule has 0 spiro atoms. The number of methoxy groups -OCH3 is 1. The summed E-state index contributed by atoms with van der Waals surface area (Å²) in [7, 11) is 2.43. The lowest BCUT2D eigenvalue weighted by atomic mass is 10.3. The van der Waals surface area contributed by atoms with E-state index in [9.17, 15) is 14.4 Å². The number of nitrogens with one attached hydrogen (secondary N) is 1. The molecule has 0 radical (unpaired) electrons. The molecule has 0 aliphatic heterocycles. The average molecular weight is 184 g/mol. The van der Waals surface area contributed by atoms with Gasteiger partial charge in [0.2, 0.25) is 0 Å². The second-order valence-corrected chi connectivity index (χ2v) is 2.36. The molecule has 0 saturated carbocycles. The normalized spacial score (nSPS) is 9.69. The first-order chi connectivity index (χ1) is 6.07. The van der Waals surface area contributed by atoms with Crippen LogP contribution in [-0.2, 0) is 11.8 Å². The Morgan fingerprint density at radius 2 is 2.15 bits per heavy atom. The third kappa shape index (κ3) is 1.51. The molecule has 0 aliphatic rings. The van der Waals surface area contributed by atoms with Gasteiger partial charge in [-0.15, -0.1) is 0 Å². The van der Waals surface area contributed by atoms with Gasteiger partial charge in [0.15, 0.2) is 0 Å². The van der Waals surface area contributed by atoms with Crippen molar-refractivity contribution in [2.45, 2.75) is 0 Å². The number of ether oxygens (including phenoxy) is 1. The van der Waals surface area contributed by atoms with Crippen molar-refractivity contribution in [2.24, 2.45) is 7.05 Å². The van der Waals surface area contributed by atoms with Gasteiger partial charge < -0.3 is 9.72 Å². The number of hydrogen-bond acceptors (Lipinski definition) is 4. The minimum Gasteiger partial charge on any atom is -0.465 e. The molecule has 0 fully saturated rings. The van der Waals surface area contributed by atoms with Crippen LogP contribution in [0.3, 0.4) is 0 Å². The largest absolute Gasteiger partial charge is 0.465 e. The maximum Gasteiger partial charge on any atom is 0.345 e. The van der Waals surface area contributed by atoms with Crippen molar-refractivity contribution >= 4 is 5.97 Å². The van der Waals surface area contributed by atoms with Crippen molar-refractivity contribution in [3.63, 3.8) is 0 Å². The van der Waals surface area contributed by atoms with Crippen molar-refractivity contribution in [1.82, 2.24) is 9.55 Å². The van der Waals surface area contributed by atoms with E-state index in [2.05, 4.69) is 9.72 Å². The van der Waals surface area contributed by atoms with Gasteiger partial charge in [-0.05, 0) is 0 Å². The van der Waals surface area contributed by atoms with E-state index < -0.39 is 17.2 Å². The second-order valence-electron chi connectivity index (χ2n) is 2.36. The summed E-state index contributed by atoms with van der Waals surface area (Å²) in [5, 5.41) is 0. The summed E-state index contributed by atoms with van der Waals surface area (Å²) in [6.07, 6.45) is 1.04. The van der Waals surface area contributed by atoms with Crippen molar-refractivity contribution in [3.05, 3.63) is 32.6 Å². The number of hydrogen-bond donors (Lipinski definition) is 1. The first-order valence-electron chi connectivity index (χ1n) is 3.45. The van der Waals surface area contributed by atoms with Crippen LogP contribution < -0.4 is 11.2 Å². The maximum atomic E-state index is 11.2. The molecule has 6 nitrogen and oxygen atoms in total. The Labute approximate surface area is 72.8 Å². The average Bonchev–Trinajstić information content (AvgIpc) is 2.13. The summed E-state index contributed by atoms with van der Waals surface area (Å²) in [5.41, 5.74) is -1.43. The van der Waals surface area contributed by atoms with Crippen LogP contribution in [0.1, 0.15) is 10.4 Å². The van der Waals surface area contributed by atoms with E-state index in [1.165, 1.54) is 7.05 Å². The molecular weight excluding hydrogens is 176 g/mol. The van der Waals surface area contributed by atoms with E-state index in [4.69, 9.17) is 0 Å². The zero-order valence-electron chi connectivity index (χ0n) is 7.16. The predicted octanol–water partition coefficient (Wildman–Crippen LogP) is -1.14. The smallest absolute Gasteiger partial charge is 0.345 e. The number of nitrogens with zero attached hydrogens (tertiary/aromatic N) is 1. The molecule has 70 valence electrons. The first-order valence-corrected chi connectivity index (χ1v) is 3.45. The summed E-state index contributed by atoms with van der Waals surface area (Å²) < 4.78 is 5.14. The molecule has 1 heterocycles. The molecule has 0 bridgehead atoms. The van der Waals surface area contributed by atoms with E-state index in [-0.39, 0.29) is 5.56 Å². The molecule has 6 heteroatoms. The second kappa shape index (κ2) is 3.26. The molecule has 1 rings (SSSR count). The Hall–Kier alpha value is -1.85. The molecule has 0 atom stereocenters. The van der Waals surface area contributed by atoms with E-state index >= 15 is 0 Å². The van der Waals surface area contributed by atoms with Crippen LogP contribution in [0, 0.1) is 0 Å². The molecule has 0 amide bonds. The monoisotopic (exact) mass is 184 g/mol. The molecule has 1 N–H and O–H groups in total. The standard InChI is InChI=1S/C7H8N2O4/c1-9-5(10)4(6(11)13-2)3-8-7(9)12/h3H,1-2H3,(H,8,12). The molecular formula is C7H8N2O4. The predicted molar refractivity (Wildman–Crippen MR) is 43.6 cm³/mol. The maximum absolute atomic E-state index is 11.2. The van der Waals surface area contributed by atoms with Crippen LogP contribution in [0.4, 0.5) is 0 Å². The van der Waals surface area contributed by atoms with Gasteiger partial charge in [-0.3, -0.25) is 9.36 Å². The van der Waals surface area contributed by atoms with Gasteiger partial charge in [-0.25, -0.2) is 9.59 Å².